The van der Waals surface area contributed by atoms with Gasteiger partial charge in [0.1, 0.15) is 23.9 Å². The van der Waals surface area contributed by atoms with E-state index in [1.807, 2.05) is 0 Å². The number of benzene rings is 1. The van der Waals surface area contributed by atoms with Gasteiger partial charge in [-0.2, -0.15) is 0 Å². The highest BCUT2D eigenvalue weighted by Crippen LogP contribution is 2.21. The number of hydrogen-bond donors (Lipinski definition) is 1. The van der Waals surface area contributed by atoms with Gasteiger partial charge in [0, 0.05) is 5.69 Å². The number of methoxy groups -OCH3 is 1. The van der Waals surface area contributed by atoms with Gasteiger partial charge in [0.05, 0.1) is 18.4 Å². The molecule has 0 amide bonds. The Balaban J connectivity index is 1.63. The number of H-pyrrole nitrogens is 1. The predicted molar refractivity (Wildman–Crippen MR) is 110 cm³/mol. The smallest absolute Gasteiger partial charge is 0.374 e. The molecule has 0 bridgehead atoms. The lowest BCUT2D eigenvalue weighted by atomic mass is 10.1. The normalized spacial score (nSPS) is 11.7. The van der Waals surface area contributed by atoms with Crippen LogP contribution in [0.4, 0.5) is 4.39 Å². The average molecular weight is 443 g/mol. The molecule has 0 fully saturated rings. The Labute approximate surface area is 183 Å². The molecule has 3 rings (SSSR count). The van der Waals surface area contributed by atoms with E-state index in [1.165, 1.54) is 50.4 Å². The molecule has 0 saturated carbocycles. The van der Waals surface area contributed by atoms with Crippen molar-refractivity contribution in [1.29, 1.82) is 0 Å². The van der Waals surface area contributed by atoms with E-state index in [9.17, 15) is 18.8 Å². The molecule has 0 radical (unpaired) electrons. The maximum atomic E-state index is 12.9. The summed E-state index contributed by atoms with van der Waals surface area (Å²) in [6.07, 6.45) is -1.13. The van der Waals surface area contributed by atoms with Crippen LogP contribution in [-0.2, 0) is 16.1 Å². The van der Waals surface area contributed by atoms with E-state index in [-0.39, 0.29) is 29.4 Å². The minimum absolute atomic E-state index is 0.0185. The number of Topliss-reactive ketones (excluding diaryl/α,β-unsaturated/α-hetero) is 1. The summed E-state index contributed by atoms with van der Waals surface area (Å²) in [5, 5.41) is 0. The highest BCUT2D eigenvalue weighted by molar-refractivity contribution is 6.04. The second kappa shape index (κ2) is 9.51. The summed E-state index contributed by atoms with van der Waals surface area (Å²) in [5.41, 5.74) is 1.33. The second-order valence-corrected chi connectivity index (χ2v) is 7.04. The third-order valence-electron chi connectivity index (χ3n) is 4.78. The standard InChI is InChI=1S/C23H22FNO7/c1-12-19(23(28)29-4)13(2)25-20(12)21(26)14(3)31-22(27)18-10-9-17(32-18)11-30-16-7-5-15(24)6-8-16/h5-10,14,25H,11H2,1-4H3/t14-/m1/s1. The number of esters is 2. The quantitative estimate of drug-likeness (QED) is 0.411. The van der Waals surface area contributed by atoms with E-state index >= 15 is 0 Å². The number of carbonyl (C=O) groups is 3. The minimum atomic E-state index is -1.13. The lowest BCUT2D eigenvalue weighted by molar-refractivity contribution is 0.0284. The van der Waals surface area contributed by atoms with Gasteiger partial charge in [0.25, 0.3) is 0 Å². The monoisotopic (exact) mass is 443 g/mol. The van der Waals surface area contributed by atoms with Gasteiger partial charge >= 0.3 is 11.9 Å². The molecule has 2 heterocycles. The maximum Gasteiger partial charge on any atom is 0.374 e. The van der Waals surface area contributed by atoms with Crippen LogP contribution < -0.4 is 4.74 Å². The topological polar surface area (TPSA) is 108 Å². The fourth-order valence-corrected chi connectivity index (χ4v) is 3.13. The van der Waals surface area contributed by atoms with E-state index in [2.05, 4.69) is 4.98 Å². The number of rotatable bonds is 8. The molecule has 0 spiro atoms. The molecule has 0 aliphatic heterocycles. The molecule has 0 unspecified atom stereocenters. The molecule has 2 aromatic heterocycles. The van der Waals surface area contributed by atoms with E-state index in [0.29, 0.717) is 22.8 Å². The van der Waals surface area contributed by atoms with E-state index in [0.717, 1.165) is 0 Å². The van der Waals surface area contributed by atoms with Crippen molar-refractivity contribution in [2.75, 3.05) is 7.11 Å². The number of hydrogen-bond acceptors (Lipinski definition) is 7. The second-order valence-electron chi connectivity index (χ2n) is 7.04. The zero-order valence-corrected chi connectivity index (χ0v) is 18.0. The third-order valence-corrected chi connectivity index (χ3v) is 4.78. The van der Waals surface area contributed by atoms with Gasteiger partial charge < -0.3 is 23.6 Å². The number of aromatic amines is 1. The first-order valence-electron chi connectivity index (χ1n) is 9.71. The fourth-order valence-electron chi connectivity index (χ4n) is 3.13. The van der Waals surface area contributed by atoms with Crippen molar-refractivity contribution in [2.24, 2.45) is 0 Å². The number of aryl methyl sites for hydroxylation is 1. The Kier molecular flexibility index (Phi) is 6.77. The number of furan rings is 1. The van der Waals surface area contributed by atoms with Crippen molar-refractivity contribution in [3.63, 3.8) is 0 Å². The molecule has 8 nitrogen and oxygen atoms in total. The minimum Gasteiger partial charge on any atom is -0.486 e. The summed E-state index contributed by atoms with van der Waals surface area (Å²) >= 11 is 0. The number of nitrogens with one attached hydrogen (secondary N) is 1. The Bertz CT molecular complexity index is 1140. The molecule has 1 N–H and O–H groups in total. The van der Waals surface area contributed by atoms with Crippen LogP contribution in [0.15, 0.2) is 40.8 Å². The van der Waals surface area contributed by atoms with Crippen LogP contribution in [0, 0.1) is 19.7 Å². The van der Waals surface area contributed by atoms with Crippen molar-refractivity contribution in [1.82, 2.24) is 4.98 Å². The first-order valence-corrected chi connectivity index (χ1v) is 9.71. The van der Waals surface area contributed by atoms with Crippen molar-refractivity contribution < 1.29 is 37.4 Å². The van der Waals surface area contributed by atoms with Gasteiger partial charge in [-0.15, -0.1) is 0 Å². The number of carbonyl (C=O) groups excluding carboxylic acids is 3. The Morgan fingerprint density at radius 3 is 2.41 bits per heavy atom. The van der Waals surface area contributed by atoms with Gasteiger partial charge in [0.15, 0.2) is 6.10 Å². The summed E-state index contributed by atoms with van der Waals surface area (Å²) < 4.78 is 33.8. The zero-order valence-electron chi connectivity index (χ0n) is 18.0. The third kappa shape index (κ3) is 4.88. The fraction of sp³-hybridized carbons (Fsp3) is 0.261. The lowest BCUT2D eigenvalue weighted by Gasteiger charge is -2.11. The van der Waals surface area contributed by atoms with E-state index < -0.39 is 23.8 Å². The summed E-state index contributed by atoms with van der Waals surface area (Å²) in [7, 11) is 1.25. The SMILES string of the molecule is COC(=O)c1c(C)[nH]c(C(=O)[C@@H](C)OC(=O)c2ccc(COc3ccc(F)cc3)o2)c1C. The van der Waals surface area contributed by atoms with Gasteiger partial charge in [0.2, 0.25) is 11.5 Å². The Morgan fingerprint density at radius 1 is 1.06 bits per heavy atom. The van der Waals surface area contributed by atoms with Crippen molar-refractivity contribution in [3.8, 4) is 5.75 Å². The largest absolute Gasteiger partial charge is 0.486 e. The van der Waals surface area contributed by atoms with Crippen molar-refractivity contribution in [3.05, 3.63) is 76.3 Å². The zero-order chi connectivity index (χ0) is 23.4. The van der Waals surface area contributed by atoms with Crippen LogP contribution in [-0.4, -0.2) is 35.9 Å². The first kappa shape index (κ1) is 22.8. The molecule has 3 aromatic rings. The molecule has 1 aromatic carbocycles. The number of halogens is 1. The predicted octanol–water partition coefficient (Wildman–Crippen LogP) is 4.16. The summed E-state index contributed by atoms with van der Waals surface area (Å²) in [5.74, 6) is -1.58. The molecule has 9 heteroatoms. The molecule has 0 aliphatic rings. The van der Waals surface area contributed by atoms with Gasteiger partial charge in [-0.05, 0) is 62.7 Å². The highest BCUT2D eigenvalue weighted by Gasteiger charge is 2.28. The van der Waals surface area contributed by atoms with Crippen LogP contribution >= 0.6 is 0 Å². The molecule has 0 saturated heterocycles. The molecule has 0 aliphatic carbocycles. The van der Waals surface area contributed by atoms with Gasteiger partial charge in [-0.1, -0.05) is 0 Å². The lowest BCUT2D eigenvalue weighted by Crippen LogP contribution is -2.25. The van der Waals surface area contributed by atoms with E-state index in [4.69, 9.17) is 18.6 Å². The summed E-state index contributed by atoms with van der Waals surface area (Å²) in [4.78, 5) is 39.9. The Morgan fingerprint density at radius 2 is 1.75 bits per heavy atom. The van der Waals surface area contributed by atoms with Crippen molar-refractivity contribution in [2.45, 2.75) is 33.5 Å². The van der Waals surface area contributed by atoms with Gasteiger partial charge in [-0.3, -0.25) is 4.79 Å². The number of ether oxygens (including phenoxy) is 3. The molecule has 168 valence electrons. The summed E-state index contributed by atoms with van der Waals surface area (Å²) in [6, 6.07) is 8.41. The maximum absolute atomic E-state index is 12.9. The number of ketones is 1. The van der Waals surface area contributed by atoms with Gasteiger partial charge in [-0.25, -0.2) is 14.0 Å². The van der Waals surface area contributed by atoms with Crippen LogP contribution in [0.5, 0.6) is 5.75 Å². The summed E-state index contributed by atoms with van der Waals surface area (Å²) in [6.45, 7) is 4.70. The van der Waals surface area contributed by atoms with Crippen LogP contribution in [0.2, 0.25) is 0 Å². The molecular weight excluding hydrogens is 421 g/mol. The first-order chi connectivity index (χ1) is 15.2. The molecular formula is C23H22FNO7. The average Bonchev–Trinajstić information content (AvgIpc) is 3.36. The molecule has 1 atom stereocenters. The highest BCUT2D eigenvalue weighted by atomic mass is 19.1. The van der Waals surface area contributed by atoms with Crippen LogP contribution in [0.1, 0.15) is 55.3 Å². The molecule has 32 heavy (non-hydrogen) atoms. The Hall–Kier alpha value is -3.88. The van der Waals surface area contributed by atoms with E-state index in [1.54, 1.807) is 13.8 Å². The van der Waals surface area contributed by atoms with Crippen LogP contribution in [0.3, 0.4) is 0 Å². The van der Waals surface area contributed by atoms with Crippen LogP contribution in [0.25, 0.3) is 0 Å². The number of aromatic nitrogens is 1. The van der Waals surface area contributed by atoms with Crippen molar-refractivity contribution >= 4 is 17.7 Å².